The highest BCUT2D eigenvalue weighted by Crippen LogP contribution is 2.38. The molecule has 2 N–H and O–H groups in total. The van der Waals surface area contributed by atoms with E-state index in [1.54, 1.807) is 7.11 Å². The molecule has 0 saturated heterocycles. The Morgan fingerprint density at radius 1 is 0.933 bits per heavy atom. The van der Waals surface area contributed by atoms with E-state index in [4.69, 9.17) is 15.5 Å². The number of hydrogen-bond donors (Lipinski definition) is 1. The maximum atomic E-state index is 9.91. The molecule has 0 bridgehead atoms. The number of hydrogen-bond acceptors (Lipinski definition) is 4. The van der Waals surface area contributed by atoms with E-state index in [1.165, 1.54) is 50.5 Å². The normalized spacial score (nSPS) is 10.7. The number of nitrogens with zero attached hydrogens (tertiary/aromatic N) is 2. The molecule has 0 unspecified atom stereocenters. The Hall–Kier alpha value is -2.54. The first-order valence-corrected chi connectivity index (χ1v) is 11.5. The highest BCUT2D eigenvalue weighted by atomic mass is 16.5. The minimum absolute atomic E-state index is 0.333. The Morgan fingerprint density at radius 2 is 1.57 bits per heavy atom. The summed E-state index contributed by atoms with van der Waals surface area (Å²) in [5, 5.41) is 9.91. The second-order valence-corrected chi connectivity index (χ2v) is 7.96. The van der Waals surface area contributed by atoms with Crippen molar-refractivity contribution < 1.29 is 4.74 Å². The van der Waals surface area contributed by atoms with Crippen LogP contribution in [0.3, 0.4) is 0 Å². The number of anilines is 1. The lowest BCUT2D eigenvalue weighted by molar-refractivity contribution is 0.416. The number of para-hydroxylation sites is 1. The number of nitrogen functional groups attached to an aromatic ring is 1. The summed E-state index contributed by atoms with van der Waals surface area (Å²) in [5.41, 5.74) is 10.8. The molecule has 0 aliphatic heterocycles. The monoisotopic (exact) mass is 407 g/mol. The first-order chi connectivity index (χ1) is 14.7. The number of nitriles is 1. The fraction of sp³-hybridized carbons (Fsp3) is 0.538. The van der Waals surface area contributed by atoms with Crippen molar-refractivity contribution in [3.8, 4) is 22.9 Å². The molecule has 1 aromatic carbocycles. The number of aromatic nitrogens is 1. The van der Waals surface area contributed by atoms with E-state index < -0.39 is 0 Å². The Bertz CT molecular complexity index is 839. The molecule has 0 radical (unpaired) electrons. The van der Waals surface area contributed by atoms with Crippen LogP contribution in [-0.2, 0) is 12.8 Å². The average Bonchev–Trinajstić information content (AvgIpc) is 2.77. The third-order valence-electron chi connectivity index (χ3n) is 5.70. The van der Waals surface area contributed by atoms with Crippen LogP contribution in [0.4, 0.5) is 5.82 Å². The van der Waals surface area contributed by atoms with Gasteiger partial charge in [-0.3, -0.25) is 0 Å². The summed E-state index contributed by atoms with van der Waals surface area (Å²) in [6.07, 6.45) is 12.6. The number of methoxy groups -OCH3 is 1. The van der Waals surface area contributed by atoms with Crippen molar-refractivity contribution in [3.63, 3.8) is 0 Å². The molecule has 30 heavy (non-hydrogen) atoms. The third kappa shape index (κ3) is 6.23. The summed E-state index contributed by atoms with van der Waals surface area (Å²) in [4.78, 5) is 4.72. The highest BCUT2D eigenvalue weighted by molar-refractivity contribution is 5.82. The lowest BCUT2D eigenvalue weighted by atomic mass is 9.89. The lowest BCUT2D eigenvalue weighted by Gasteiger charge is -2.19. The Balaban J connectivity index is 2.50. The van der Waals surface area contributed by atoms with Gasteiger partial charge in [0.2, 0.25) is 0 Å². The second kappa shape index (κ2) is 12.9. The van der Waals surface area contributed by atoms with Crippen LogP contribution in [0.5, 0.6) is 5.75 Å². The minimum atomic E-state index is 0.333. The van der Waals surface area contributed by atoms with Crippen LogP contribution in [-0.4, -0.2) is 12.1 Å². The van der Waals surface area contributed by atoms with Crippen molar-refractivity contribution in [2.45, 2.75) is 84.5 Å². The Morgan fingerprint density at radius 3 is 2.23 bits per heavy atom. The highest BCUT2D eigenvalue weighted by Gasteiger charge is 2.21. The Labute approximate surface area is 182 Å². The molecule has 0 saturated carbocycles. The fourth-order valence-electron chi connectivity index (χ4n) is 4.05. The number of ether oxygens (including phenoxy) is 1. The van der Waals surface area contributed by atoms with Crippen LogP contribution in [0.1, 0.15) is 88.5 Å². The molecule has 0 atom stereocenters. The molecule has 0 aliphatic rings. The van der Waals surface area contributed by atoms with Crippen LogP contribution in [0.15, 0.2) is 24.3 Å². The van der Waals surface area contributed by atoms with E-state index in [0.717, 1.165) is 48.3 Å². The van der Waals surface area contributed by atoms with Gasteiger partial charge < -0.3 is 10.5 Å². The van der Waals surface area contributed by atoms with E-state index in [1.807, 2.05) is 24.3 Å². The summed E-state index contributed by atoms with van der Waals surface area (Å²) in [6, 6.07) is 10.2. The molecule has 0 amide bonds. The summed E-state index contributed by atoms with van der Waals surface area (Å²) in [5.74, 6) is 1.10. The van der Waals surface area contributed by atoms with Crippen molar-refractivity contribution in [2.75, 3.05) is 12.8 Å². The largest absolute Gasteiger partial charge is 0.496 e. The number of benzene rings is 1. The van der Waals surface area contributed by atoms with E-state index >= 15 is 0 Å². The zero-order valence-electron chi connectivity index (χ0n) is 19.0. The minimum Gasteiger partial charge on any atom is -0.496 e. The summed E-state index contributed by atoms with van der Waals surface area (Å²) in [7, 11) is 1.67. The van der Waals surface area contributed by atoms with Gasteiger partial charge in [0.05, 0.1) is 7.11 Å². The standard InChI is InChI=1S/C26H37N3O/c1-4-6-8-10-12-17-23-20(15-11-9-7-5-2)25(22(19-27)26(28)29-23)21-16-13-14-18-24(21)30-3/h13-14,16,18H,4-12,15,17H2,1-3H3,(H2,28,29). The van der Waals surface area contributed by atoms with Gasteiger partial charge in [-0.25, -0.2) is 4.98 Å². The molecule has 1 aromatic heterocycles. The molecule has 4 heteroatoms. The van der Waals surface area contributed by atoms with E-state index in [0.29, 0.717) is 11.4 Å². The van der Waals surface area contributed by atoms with Crippen molar-refractivity contribution >= 4 is 5.82 Å². The van der Waals surface area contributed by atoms with Crippen molar-refractivity contribution in [1.29, 1.82) is 5.26 Å². The summed E-state index contributed by atoms with van der Waals surface area (Å²) < 4.78 is 5.63. The number of unbranched alkanes of at least 4 members (excludes halogenated alkanes) is 7. The zero-order chi connectivity index (χ0) is 21.8. The predicted octanol–water partition coefficient (Wildman–Crippen LogP) is 6.85. The van der Waals surface area contributed by atoms with Gasteiger partial charge in [0, 0.05) is 16.8 Å². The van der Waals surface area contributed by atoms with Crippen molar-refractivity contribution in [3.05, 3.63) is 41.1 Å². The quantitative estimate of drug-likeness (QED) is 0.369. The van der Waals surface area contributed by atoms with Gasteiger partial charge in [0.1, 0.15) is 23.2 Å². The van der Waals surface area contributed by atoms with Crippen molar-refractivity contribution in [2.24, 2.45) is 0 Å². The summed E-state index contributed by atoms with van der Waals surface area (Å²) >= 11 is 0. The SMILES string of the molecule is CCCCCCCc1nc(N)c(C#N)c(-c2ccccc2OC)c1CCCCCC. The zero-order valence-corrected chi connectivity index (χ0v) is 19.0. The van der Waals surface area contributed by atoms with Crippen LogP contribution < -0.4 is 10.5 Å². The molecule has 4 nitrogen and oxygen atoms in total. The maximum absolute atomic E-state index is 9.91. The molecular weight excluding hydrogens is 370 g/mol. The van der Waals surface area contributed by atoms with Gasteiger partial charge in [-0.1, -0.05) is 77.0 Å². The second-order valence-electron chi connectivity index (χ2n) is 7.96. The van der Waals surface area contributed by atoms with Gasteiger partial charge in [-0.15, -0.1) is 0 Å². The van der Waals surface area contributed by atoms with E-state index in [-0.39, 0.29) is 0 Å². The van der Waals surface area contributed by atoms with Gasteiger partial charge in [0.15, 0.2) is 0 Å². The van der Waals surface area contributed by atoms with Crippen LogP contribution in [0.25, 0.3) is 11.1 Å². The molecule has 162 valence electrons. The smallest absolute Gasteiger partial charge is 0.142 e. The number of pyridine rings is 1. The molecule has 2 aromatic rings. The predicted molar refractivity (Wildman–Crippen MR) is 126 cm³/mol. The van der Waals surface area contributed by atoms with E-state index in [9.17, 15) is 5.26 Å². The van der Waals surface area contributed by atoms with Gasteiger partial charge in [0.25, 0.3) is 0 Å². The van der Waals surface area contributed by atoms with Crippen LogP contribution in [0, 0.1) is 11.3 Å². The Kier molecular flexibility index (Phi) is 10.2. The van der Waals surface area contributed by atoms with Gasteiger partial charge >= 0.3 is 0 Å². The fourth-order valence-corrected chi connectivity index (χ4v) is 4.05. The number of aryl methyl sites for hydroxylation is 1. The first kappa shape index (κ1) is 23.7. The summed E-state index contributed by atoms with van der Waals surface area (Å²) in [6.45, 7) is 4.46. The van der Waals surface area contributed by atoms with E-state index in [2.05, 4.69) is 19.9 Å². The maximum Gasteiger partial charge on any atom is 0.142 e. The number of rotatable bonds is 13. The first-order valence-electron chi connectivity index (χ1n) is 11.5. The molecule has 0 aliphatic carbocycles. The lowest BCUT2D eigenvalue weighted by Crippen LogP contribution is -2.09. The molecule has 1 heterocycles. The van der Waals surface area contributed by atoms with Crippen LogP contribution >= 0.6 is 0 Å². The van der Waals surface area contributed by atoms with Gasteiger partial charge in [-0.2, -0.15) is 5.26 Å². The third-order valence-corrected chi connectivity index (χ3v) is 5.70. The van der Waals surface area contributed by atoms with Crippen LogP contribution in [0.2, 0.25) is 0 Å². The molecular formula is C26H37N3O. The average molecular weight is 408 g/mol. The van der Waals surface area contributed by atoms with Gasteiger partial charge in [-0.05, 0) is 37.3 Å². The topological polar surface area (TPSA) is 71.9 Å². The number of nitrogens with two attached hydrogens (primary N) is 1. The van der Waals surface area contributed by atoms with Crippen molar-refractivity contribution in [1.82, 2.24) is 4.98 Å². The molecule has 2 rings (SSSR count). The molecule has 0 fully saturated rings. The molecule has 0 spiro atoms.